The Labute approximate surface area is 166 Å². The molecule has 0 aromatic heterocycles. The minimum atomic E-state index is -0.761. The van der Waals surface area contributed by atoms with Gasteiger partial charge in [0, 0.05) is 13.1 Å². The van der Waals surface area contributed by atoms with E-state index in [4.69, 9.17) is 4.74 Å². The van der Waals surface area contributed by atoms with E-state index in [9.17, 15) is 29.8 Å². The molecule has 0 unspecified atom stereocenters. The van der Waals surface area contributed by atoms with Gasteiger partial charge in [0.05, 0.1) is 35.5 Å². The number of ether oxygens (including phenoxy) is 2. The second-order valence-corrected chi connectivity index (χ2v) is 6.32. The van der Waals surface area contributed by atoms with Crippen LogP contribution in [0.4, 0.5) is 22.7 Å². The fourth-order valence-electron chi connectivity index (χ4n) is 3.11. The minimum Gasteiger partial charge on any atom is -0.468 e. The lowest BCUT2D eigenvalue weighted by Gasteiger charge is -2.32. The number of hydrogen-bond donors (Lipinski definition) is 1. The van der Waals surface area contributed by atoms with Crippen molar-refractivity contribution in [2.45, 2.75) is 19.8 Å². The van der Waals surface area contributed by atoms with E-state index in [-0.39, 0.29) is 36.4 Å². The van der Waals surface area contributed by atoms with Gasteiger partial charge >= 0.3 is 11.9 Å². The van der Waals surface area contributed by atoms with Crippen molar-refractivity contribution in [3.63, 3.8) is 0 Å². The zero-order valence-electron chi connectivity index (χ0n) is 16.1. The number of benzene rings is 1. The third-order valence-electron chi connectivity index (χ3n) is 4.59. The highest BCUT2D eigenvalue weighted by atomic mass is 16.6. The van der Waals surface area contributed by atoms with Crippen molar-refractivity contribution in [2.75, 3.05) is 43.6 Å². The molecular formula is C17H22N4O8. The van der Waals surface area contributed by atoms with Crippen molar-refractivity contribution >= 4 is 34.7 Å². The molecule has 1 aliphatic heterocycles. The number of esters is 2. The highest BCUT2D eigenvalue weighted by Crippen LogP contribution is 2.39. The van der Waals surface area contributed by atoms with Gasteiger partial charge in [-0.25, -0.2) is 0 Å². The molecule has 0 aliphatic carbocycles. The van der Waals surface area contributed by atoms with Crippen LogP contribution in [0.1, 0.15) is 19.8 Å². The van der Waals surface area contributed by atoms with E-state index in [0.717, 1.165) is 6.07 Å². The second-order valence-electron chi connectivity index (χ2n) is 6.32. The van der Waals surface area contributed by atoms with E-state index in [1.165, 1.54) is 13.2 Å². The molecule has 1 saturated heterocycles. The maximum atomic E-state index is 11.9. The quantitative estimate of drug-likeness (QED) is 0.381. The highest BCUT2D eigenvalue weighted by molar-refractivity contribution is 5.81. The standard InChI is InChI=1S/C17H22N4O8/c1-3-29-17(23)11-4-6-19(7-5-11)14-8-12(18-10-16(22)28-2)13(20(24)25)9-15(14)21(26)27/h8-9,11,18H,3-7,10H2,1-2H3. The molecule has 1 aliphatic rings. The van der Waals surface area contributed by atoms with E-state index in [0.29, 0.717) is 25.9 Å². The maximum Gasteiger partial charge on any atom is 0.325 e. The molecule has 0 atom stereocenters. The van der Waals surface area contributed by atoms with Crippen molar-refractivity contribution in [1.82, 2.24) is 0 Å². The summed E-state index contributed by atoms with van der Waals surface area (Å²) in [6, 6.07) is 2.15. The van der Waals surface area contributed by atoms with Gasteiger partial charge < -0.3 is 19.7 Å². The number of nitro groups is 2. The van der Waals surface area contributed by atoms with Crippen LogP contribution in [0, 0.1) is 26.1 Å². The Bertz CT molecular complexity index is 805. The Kier molecular flexibility index (Phi) is 7.28. The Hall–Kier alpha value is -3.44. The fourth-order valence-corrected chi connectivity index (χ4v) is 3.11. The fraction of sp³-hybridized carbons (Fsp3) is 0.529. The van der Waals surface area contributed by atoms with Gasteiger partial charge in [-0.15, -0.1) is 0 Å². The van der Waals surface area contributed by atoms with Gasteiger partial charge in [-0.2, -0.15) is 0 Å². The Morgan fingerprint density at radius 3 is 2.31 bits per heavy atom. The van der Waals surface area contributed by atoms with Crippen LogP contribution in [-0.4, -0.2) is 55.1 Å². The molecule has 12 nitrogen and oxygen atoms in total. The van der Waals surface area contributed by atoms with Gasteiger partial charge in [0.1, 0.15) is 17.9 Å². The summed E-state index contributed by atoms with van der Waals surface area (Å²) >= 11 is 0. The van der Waals surface area contributed by atoms with Crippen molar-refractivity contribution < 1.29 is 28.9 Å². The Morgan fingerprint density at radius 2 is 1.79 bits per heavy atom. The first-order valence-corrected chi connectivity index (χ1v) is 8.97. The van der Waals surface area contributed by atoms with Crippen LogP contribution in [0.15, 0.2) is 12.1 Å². The lowest BCUT2D eigenvalue weighted by molar-refractivity contribution is -0.393. The number of hydrogen-bond acceptors (Lipinski definition) is 10. The van der Waals surface area contributed by atoms with Crippen LogP contribution in [0.3, 0.4) is 0 Å². The average Bonchev–Trinajstić information content (AvgIpc) is 2.71. The van der Waals surface area contributed by atoms with E-state index < -0.39 is 27.2 Å². The van der Waals surface area contributed by atoms with Crippen LogP contribution < -0.4 is 10.2 Å². The van der Waals surface area contributed by atoms with Crippen molar-refractivity contribution in [1.29, 1.82) is 0 Å². The number of carbonyl (C=O) groups is 2. The molecule has 1 fully saturated rings. The summed E-state index contributed by atoms with van der Waals surface area (Å²) in [5.74, 6) is -1.24. The number of nitrogens with one attached hydrogen (secondary N) is 1. The Morgan fingerprint density at radius 1 is 1.17 bits per heavy atom. The van der Waals surface area contributed by atoms with Gasteiger partial charge in [0.15, 0.2) is 0 Å². The number of nitro benzene ring substituents is 2. The van der Waals surface area contributed by atoms with Crippen LogP contribution in [-0.2, 0) is 19.1 Å². The summed E-state index contributed by atoms with van der Waals surface area (Å²) in [5.41, 5.74) is -0.801. The molecule has 158 valence electrons. The molecule has 1 aromatic rings. The molecule has 0 radical (unpaired) electrons. The summed E-state index contributed by atoms with van der Waals surface area (Å²) in [4.78, 5) is 46.3. The molecule has 0 saturated carbocycles. The normalized spacial score (nSPS) is 14.2. The van der Waals surface area contributed by atoms with E-state index in [2.05, 4.69) is 10.1 Å². The lowest BCUT2D eigenvalue weighted by Crippen LogP contribution is -2.37. The topological polar surface area (TPSA) is 154 Å². The zero-order chi connectivity index (χ0) is 21.6. The van der Waals surface area contributed by atoms with Gasteiger partial charge in [-0.3, -0.25) is 29.8 Å². The summed E-state index contributed by atoms with van der Waals surface area (Å²) in [5, 5.41) is 25.4. The van der Waals surface area contributed by atoms with Crippen molar-refractivity contribution in [3.05, 3.63) is 32.4 Å². The third-order valence-corrected chi connectivity index (χ3v) is 4.59. The molecule has 0 bridgehead atoms. The van der Waals surface area contributed by atoms with Crippen molar-refractivity contribution in [2.24, 2.45) is 5.92 Å². The Balaban J connectivity index is 2.32. The van der Waals surface area contributed by atoms with Crippen LogP contribution >= 0.6 is 0 Å². The number of rotatable bonds is 8. The third kappa shape index (κ3) is 5.30. The van der Waals surface area contributed by atoms with Gasteiger partial charge in [0.2, 0.25) is 0 Å². The first-order chi connectivity index (χ1) is 13.8. The molecule has 1 aromatic carbocycles. The van der Waals surface area contributed by atoms with Crippen molar-refractivity contribution in [3.8, 4) is 0 Å². The maximum absolute atomic E-state index is 11.9. The van der Waals surface area contributed by atoms with Crippen LogP contribution in [0.2, 0.25) is 0 Å². The summed E-state index contributed by atoms with van der Waals surface area (Å²) in [7, 11) is 1.17. The molecule has 1 heterocycles. The number of nitrogens with zero attached hydrogens (tertiary/aromatic N) is 3. The van der Waals surface area contributed by atoms with Gasteiger partial charge in [-0.05, 0) is 25.8 Å². The van der Waals surface area contributed by atoms with E-state index >= 15 is 0 Å². The second kappa shape index (κ2) is 9.66. The lowest BCUT2D eigenvalue weighted by atomic mass is 9.96. The summed E-state index contributed by atoms with van der Waals surface area (Å²) in [6.45, 7) is 2.36. The molecule has 12 heteroatoms. The number of carbonyl (C=O) groups excluding carboxylic acids is 2. The SMILES string of the molecule is CCOC(=O)C1CCN(c2cc(NCC(=O)OC)c([N+](=O)[O-])cc2[N+](=O)[O-])CC1. The molecule has 2 rings (SSSR count). The van der Waals surface area contributed by atoms with Crippen LogP contribution in [0.25, 0.3) is 0 Å². The number of piperidine rings is 1. The smallest absolute Gasteiger partial charge is 0.325 e. The molecule has 0 spiro atoms. The molecule has 0 amide bonds. The minimum absolute atomic E-state index is 0.0338. The van der Waals surface area contributed by atoms with Gasteiger partial charge in [-0.1, -0.05) is 0 Å². The van der Waals surface area contributed by atoms with Crippen LogP contribution in [0.5, 0.6) is 0 Å². The summed E-state index contributed by atoms with van der Waals surface area (Å²) in [6.07, 6.45) is 0.885. The number of methoxy groups -OCH3 is 1. The van der Waals surface area contributed by atoms with E-state index in [1.54, 1.807) is 11.8 Å². The predicted octanol–water partition coefficient (Wildman–Crippen LogP) is 1.87. The average molecular weight is 410 g/mol. The zero-order valence-corrected chi connectivity index (χ0v) is 16.1. The van der Waals surface area contributed by atoms with Gasteiger partial charge in [0.25, 0.3) is 11.4 Å². The first kappa shape index (κ1) is 21.9. The molecular weight excluding hydrogens is 388 g/mol. The molecule has 29 heavy (non-hydrogen) atoms. The highest BCUT2D eigenvalue weighted by Gasteiger charge is 2.32. The van der Waals surface area contributed by atoms with E-state index in [1.807, 2.05) is 0 Å². The molecule has 1 N–H and O–H groups in total. The number of anilines is 2. The monoisotopic (exact) mass is 410 g/mol. The summed E-state index contributed by atoms with van der Waals surface area (Å²) < 4.78 is 9.52. The first-order valence-electron chi connectivity index (χ1n) is 8.97. The predicted molar refractivity (Wildman–Crippen MR) is 102 cm³/mol. The largest absolute Gasteiger partial charge is 0.468 e.